The van der Waals surface area contributed by atoms with Gasteiger partial charge in [-0.1, -0.05) is 0 Å². The molecule has 148 valence electrons. The number of aryl methyl sites for hydroxylation is 1. The lowest BCUT2D eigenvalue weighted by Gasteiger charge is -2.42. The van der Waals surface area contributed by atoms with Crippen molar-refractivity contribution in [2.75, 3.05) is 19.7 Å². The molecule has 2 amide bonds. The molecule has 3 fully saturated rings. The summed E-state index contributed by atoms with van der Waals surface area (Å²) < 4.78 is 7.74. The summed E-state index contributed by atoms with van der Waals surface area (Å²) >= 11 is 0. The molecular formula is C17H25N5O5. The fourth-order valence-electron chi connectivity index (χ4n) is 4.13. The van der Waals surface area contributed by atoms with E-state index in [0.29, 0.717) is 32.5 Å². The van der Waals surface area contributed by atoms with Crippen LogP contribution in [0.3, 0.4) is 0 Å². The molecule has 0 aliphatic carbocycles. The van der Waals surface area contributed by atoms with Crippen LogP contribution < -0.4 is 0 Å². The van der Waals surface area contributed by atoms with Crippen molar-refractivity contribution in [3.05, 3.63) is 12.7 Å². The predicted octanol–water partition coefficient (Wildman–Crippen LogP) is 0.0990. The minimum absolute atomic E-state index is 0.107. The van der Waals surface area contributed by atoms with E-state index >= 15 is 0 Å². The van der Waals surface area contributed by atoms with E-state index < -0.39 is 11.7 Å². The first kappa shape index (κ1) is 19.3. The number of likely N-dealkylation sites (tertiary alicyclic amines) is 1. The van der Waals surface area contributed by atoms with Crippen molar-refractivity contribution >= 4 is 17.8 Å². The smallest absolute Gasteiger partial charge is 0.300 e. The van der Waals surface area contributed by atoms with Gasteiger partial charge in [0.15, 0.2) is 5.72 Å². The van der Waals surface area contributed by atoms with Crippen LogP contribution in [0.25, 0.3) is 0 Å². The highest BCUT2D eigenvalue weighted by Crippen LogP contribution is 2.45. The number of carbonyl (C=O) groups excluding carboxylic acids is 2. The number of rotatable bonds is 4. The molecular weight excluding hydrogens is 354 g/mol. The molecule has 1 spiro atoms. The second kappa shape index (κ2) is 8.03. The van der Waals surface area contributed by atoms with Gasteiger partial charge in [-0.3, -0.25) is 19.1 Å². The van der Waals surface area contributed by atoms with E-state index in [2.05, 4.69) is 10.1 Å². The fraction of sp³-hybridized carbons (Fsp3) is 0.706. The van der Waals surface area contributed by atoms with Crippen LogP contribution >= 0.6 is 0 Å². The number of aliphatic carboxylic acids is 1. The number of nitrogens with zero attached hydrogens (tertiary/aromatic N) is 5. The molecule has 27 heavy (non-hydrogen) atoms. The standard InChI is InChI=1S/C15H21N5O3.C2H4O2/c21-13(3-1-5-18-11-16-10-17-18)19-7-4-15-12(19)9-14(22)20(15)6-2-8-23-15;1-2(3)4/h10-12H,1-9H2;1H3,(H,3,4)/t12-,15+;/m1./s1. The summed E-state index contributed by atoms with van der Waals surface area (Å²) in [7, 11) is 0. The van der Waals surface area contributed by atoms with Gasteiger partial charge in [-0.25, -0.2) is 4.98 Å². The average molecular weight is 379 g/mol. The Hall–Kier alpha value is -2.49. The van der Waals surface area contributed by atoms with E-state index in [1.54, 1.807) is 11.0 Å². The van der Waals surface area contributed by atoms with Gasteiger partial charge in [-0.05, 0) is 12.8 Å². The summed E-state index contributed by atoms with van der Waals surface area (Å²) in [5.74, 6) is -0.606. The molecule has 4 heterocycles. The third-order valence-corrected chi connectivity index (χ3v) is 5.18. The molecule has 10 nitrogen and oxygen atoms in total. The Balaban J connectivity index is 0.000000481. The fourth-order valence-corrected chi connectivity index (χ4v) is 4.13. The molecule has 0 radical (unpaired) electrons. The SMILES string of the molecule is CC(=O)O.O=C(CCCn1cncn1)N1CC[C@@]23OCCCN2C(=O)C[C@@H]13. The summed E-state index contributed by atoms with van der Waals surface area (Å²) in [6.07, 6.45) is 6.33. The zero-order valence-corrected chi connectivity index (χ0v) is 15.4. The zero-order chi connectivity index (χ0) is 19.4. The quantitative estimate of drug-likeness (QED) is 0.788. The Bertz CT molecular complexity index is 690. The van der Waals surface area contributed by atoms with Crippen molar-refractivity contribution < 1.29 is 24.2 Å². The van der Waals surface area contributed by atoms with Gasteiger partial charge < -0.3 is 19.6 Å². The first-order chi connectivity index (χ1) is 12.9. The number of carbonyl (C=O) groups is 3. The summed E-state index contributed by atoms with van der Waals surface area (Å²) in [6.45, 7) is 3.87. The van der Waals surface area contributed by atoms with Crippen molar-refractivity contribution in [1.29, 1.82) is 0 Å². The van der Waals surface area contributed by atoms with E-state index in [1.165, 1.54) is 6.33 Å². The highest BCUT2D eigenvalue weighted by Gasteiger charge is 2.61. The molecule has 10 heteroatoms. The van der Waals surface area contributed by atoms with E-state index in [9.17, 15) is 9.59 Å². The highest BCUT2D eigenvalue weighted by atomic mass is 16.5. The second-order valence-corrected chi connectivity index (χ2v) is 6.93. The molecule has 2 atom stereocenters. The summed E-state index contributed by atoms with van der Waals surface area (Å²) in [5.41, 5.74) is -0.545. The van der Waals surface area contributed by atoms with Gasteiger partial charge in [-0.2, -0.15) is 5.10 Å². The number of hydrogen-bond acceptors (Lipinski definition) is 6. The minimum atomic E-state index is -0.833. The van der Waals surface area contributed by atoms with E-state index in [0.717, 1.165) is 32.7 Å². The minimum Gasteiger partial charge on any atom is -0.481 e. The normalized spacial score (nSPS) is 26.3. The maximum atomic E-state index is 12.6. The Morgan fingerprint density at radius 2 is 2.19 bits per heavy atom. The van der Waals surface area contributed by atoms with Crippen LogP contribution in [0.5, 0.6) is 0 Å². The van der Waals surface area contributed by atoms with E-state index in [1.807, 2.05) is 9.80 Å². The van der Waals surface area contributed by atoms with Crippen LogP contribution in [-0.4, -0.2) is 78.9 Å². The molecule has 1 aromatic heterocycles. The largest absolute Gasteiger partial charge is 0.481 e. The Morgan fingerprint density at radius 3 is 2.89 bits per heavy atom. The van der Waals surface area contributed by atoms with Crippen LogP contribution in [0.1, 0.15) is 39.0 Å². The number of carboxylic acid groups (broad SMARTS) is 1. The van der Waals surface area contributed by atoms with Crippen LogP contribution in [-0.2, 0) is 25.7 Å². The molecule has 0 saturated carbocycles. The molecule has 0 unspecified atom stereocenters. The Labute approximate surface area is 157 Å². The van der Waals surface area contributed by atoms with Crippen molar-refractivity contribution in [2.24, 2.45) is 0 Å². The topological polar surface area (TPSA) is 118 Å². The van der Waals surface area contributed by atoms with E-state index in [-0.39, 0.29) is 17.9 Å². The van der Waals surface area contributed by atoms with Gasteiger partial charge in [-0.15, -0.1) is 0 Å². The van der Waals surface area contributed by atoms with Crippen LogP contribution in [0.4, 0.5) is 0 Å². The first-order valence-electron chi connectivity index (χ1n) is 9.20. The van der Waals surface area contributed by atoms with Crippen LogP contribution in [0.15, 0.2) is 12.7 Å². The second-order valence-electron chi connectivity index (χ2n) is 6.93. The van der Waals surface area contributed by atoms with Crippen molar-refractivity contribution in [1.82, 2.24) is 24.6 Å². The lowest BCUT2D eigenvalue weighted by Crippen LogP contribution is -2.56. The van der Waals surface area contributed by atoms with Crippen LogP contribution in [0.2, 0.25) is 0 Å². The van der Waals surface area contributed by atoms with Crippen molar-refractivity contribution in [2.45, 2.75) is 57.3 Å². The Morgan fingerprint density at radius 1 is 1.41 bits per heavy atom. The molecule has 0 aromatic carbocycles. The number of hydrogen-bond donors (Lipinski definition) is 1. The predicted molar refractivity (Wildman–Crippen MR) is 92.3 cm³/mol. The molecule has 1 aromatic rings. The number of ether oxygens (including phenoxy) is 1. The molecule has 4 rings (SSSR count). The van der Waals surface area contributed by atoms with Gasteiger partial charge in [0, 0.05) is 39.4 Å². The highest BCUT2D eigenvalue weighted by molar-refractivity contribution is 5.84. The molecule has 1 N–H and O–H groups in total. The number of aromatic nitrogens is 3. The number of carboxylic acids is 1. The molecule has 3 saturated heterocycles. The lowest BCUT2D eigenvalue weighted by atomic mass is 10.0. The van der Waals surface area contributed by atoms with Gasteiger partial charge in [0.2, 0.25) is 11.8 Å². The van der Waals surface area contributed by atoms with Crippen molar-refractivity contribution in [3.63, 3.8) is 0 Å². The molecule has 0 bridgehead atoms. The maximum absolute atomic E-state index is 12.6. The van der Waals surface area contributed by atoms with E-state index in [4.69, 9.17) is 14.6 Å². The molecule has 3 aliphatic rings. The van der Waals surface area contributed by atoms with Gasteiger partial charge in [0.25, 0.3) is 5.97 Å². The third kappa shape index (κ3) is 3.95. The molecule has 3 aliphatic heterocycles. The lowest BCUT2D eigenvalue weighted by molar-refractivity contribution is -0.181. The number of amides is 2. The van der Waals surface area contributed by atoms with Crippen LogP contribution in [0, 0.1) is 0 Å². The van der Waals surface area contributed by atoms with Gasteiger partial charge >= 0.3 is 0 Å². The maximum Gasteiger partial charge on any atom is 0.300 e. The van der Waals surface area contributed by atoms with Crippen molar-refractivity contribution in [3.8, 4) is 0 Å². The third-order valence-electron chi connectivity index (χ3n) is 5.18. The summed E-state index contributed by atoms with van der Waals surface area (Å²) in [5, 5.41) is 11.5. The monoisotopic (exact) mass is 379 g/mol. The first-order valence-corrected chi connectivity index (χ1v) is 9.20. The summed E-state index contributed by atoms with van der Waals surface area (Å²) in [6, 6.07) is -0.117. The average Bonchev–Trinajstić information content (AvgIpc) is 3.30. The van der Waals surface area contributed by atoms with Gasteiger partial charge in [0.1, 0.15) is 12.7 Å². The Kier molecular flexibility index (Phi) is 5.73. The zero-order valence-electron chi connectivity index (χ0n) is 15.4. The summed E-state index contributed by atoms with van der Waals surface area (Å²) in [4.78, 5) is 41.5. The van der Waals surface area contributed by atoms with Gasteiger partial charge in [0.05, 0.1) is 19.1 Å².